The SMILES string of the molecule is CON(C)S(=O)(=O)c1ccc(C(=O)Nc2ccc(NC(=O)NCc3ccco3)cc2)cc1. The largest absolute Gasteiger partial charge is 0.467 e. The Kier molecular flexibility index (Phi) is 7.25. The highest BCUT2D eigenvalue weighted by molar-refractivity contribution is 7.89. The van der Waals surface area contributed by atoms with Crippen molar-refractivity contribution >= 4 is 33.3 Å². The van der Waals surface area contributed by atoms with Crippen LogP contribution >= 0.6 is 0 Å². The summed E-state index contributed by atoms with van der Waals surface area (Å²) >= 11 is 0. The summed E-state index contributed by atoms with van der Waals surface area (Å²) in [5, 5.41) is 8.05. The Labute approximate surface area is 185 Å². The maximum atomic E-state index is 12.4. The number of benzene rings is 2. The van der Waals surface area contributed by atoms with E-state index in [9.17, 15) is 18.0 Å². The Bertz CT molecular complexity index is 1160. The first-order valence-corrected chi connectivity index (χ1v) is 10.9. The minimum atomic E-state index is -3.79. The van der Waals surface area contributed by atoms with Gasteiger partial charge in [-0.3, -0.25) is 9.63 Å². The number of urea groups is 1. The van der Waals surface area contributed by atoms with Crippen molar-refractivity contribution in [2.75, 3.05) is 24.8 Å². The van der Waals surface area contributed by atoms with Gasteiger partial charge in [0.2, 0.25) is 0 Å². The van der Waals surface area contributed by atoms with Crippen molar-refractivity contribution in [3.05, 3.63) is 78.3 Å². The topological polar surface area (TPSA) is 130 Å². The lowest BCUT2D eigenvalue weighted by atomic mass is 10.2. The number of nitrogens with one attached hydrogen (secondary N) is 3. The lowest BCUT2D eigenvalue weighted by Gasteiger charge is -2.14. The highest BCUT2D eigenvalue weighted by Crippen LogP contribution is 2.18. The monoisotopic (exact) mass is 458 g/mol. The third kappa shape index (κ3) is 5.72. The van der Waals surface area contributed by atoms with Gasteiger partial charge in [-0.15, -0.1) is 0 Å². The fourth-order valence-corrected chi connectivity index (χ4v) is 3.59. The first kappa shape index (κ1) is 23.0. The van der Waals surface area contributed by atoms with Gasteiger partial charge >= 0.3 is 6.03 Å². The van der Waals surface area contributed by atoms with Gasteiger partial charge in [-0.25, -0.2) is 13.2 Å². The van der Waals surface area contributed by atoms with E-state index < -0.39 is 22.0 Å². The second-order valence-corrected chi connectivity index (χ2v) is 8.48. The predicted molar refractivity (Wildman–Crippen MR) is 117 cm³/mol. The molecular formula is C21H22N4O6S. The van der Waals surface area contributed by atoms with Gasteiger partial charge in [-0.05, 0) is 60.7 Å². The Morgan fingerprint density at radius 3 is 2.16 bits per heavy atom. The van der Waals surface area contributed by atoms with E-state index in [0.717, 1.165) is 4.47 Å². The van der Waals surface area contributed by atoms with Crippen LogP contribution in [0.4, 0.5) is 16.2 Å². The fraction of sp³-hybridized carbons (Fsp3) is 0.143. The van der Waals surface area contributed by atoms with Crippen molar-refractivity contribution in [3.63, 3.8) is 0 Å². The van der Waals surface area contributed by atoms with E-state index in [-0.39, 0.29) is 17.0 Å². The van der Waals surface area contributed by atoms with Crippen LogP contribution in [0.25, 0.3) is 0 Å². The molecule has 0 bridgehead atoms. The number of hydrogen-bond acceptors (Lipinski definition) is 6. The molecule has 0 atom stereocenters. The molecule has 1 aromatic heterocycles. The molecule has 1 heterocycles. The van der Waals surface area contributed by atoms with E-state index in [1.165, 1.54) is 44.7 Å². The van der Waals surface area contributed by atoms with Gasteiger partial charge in [0.25, 0.3) is 15.9 Å². The van der Waals surface area contributed by atoms with Crippen LogP contribution in [0.3, 0.4) is 0 Å². The van der Waals surface area contributed by atoms with Crippen molar-refractivity contribution in [2.24, 2.45) is 0 Å². The van der Waals surface area contributed by atoms with Crippen LogP contribution in [0.2, 0.25) is 0 Å². The van der Waals surface area contributed by atoms with Crippen LogP contribution < -0.4 is 16.0 Å². The summed E-state index contributed by atoms with van der Waals surface area (Å²) < 4.78 is 30.3. The van der Waals surface area contributed by atoms with Crippen LogP contribution in [0.15, 0.2) is 76.2 Å². The summed E-state index contributed by atoms with van der Waals surface area (Å²) in [5.41, 5.74) is 1.33. The Morgan fingerprint density at radius 2 is 1.59 bits per heavy atom. The summed E-state index contributed by atoms with van der Waals surface area (Å²) in [5.74, 6) is 0.223. The second kappa shape index (κ2) is 10.1. The number of furan rings is 1. The Hall–Kier alpha value is -3.67. The third-order valence-corrected chi connectivity index (χ3v) is 6.11. The minimum Gasteiger partial charge on any atom is -0.467 e. The lowest BCUT2D eigenvalue weighted by Crippen LogP contribution is -2.27. The van der Waals surface area contributed by atoms with Gasteiger partial charge in [0.1, 0.15) is 5.76 Å². The normalized spacial score (nSPS) is 11.2. The van der Waals surface area contributed by atoms with Crippen LogP contribution in [0.1, 0.15) is 16.1 Å². The van der Waals surface area contributed by atoms with Gasteiger partial charge in [-0.2, -0.15) is 0 Å². The average molecular weight is 458 g/mol. The Morgan fingerprint density at radius 1 is 0.969 bits per heavy atom. The number of hydrogen-bond donors (Lipinski definition) is 3. The van der Waals surface area contributed by atoms with E-state index in [1.807, 2.05) is 0 Å². The van der Waals surface area contributed by atoms with Crippen molar-refractivity contribution in [1.29, 1.82) is 0 Å². The molecule has 3 aromatic rings. The van der Waals surface area contributed by atoms with E-state index in [1.54, 1.807) is 36.4 Å². The van der Waals surface area contributed by atoms with Gasteiger partial charge in [0.05, 0.1) is 24.8 Å². The number of sulfonamides is 1. The van der Waals surface area contributed by atoms with Crippen LogP contribution in [0.5, 0.6) is 0 Å². The second-order valence-electron chi connectivity index (χ2n) is 6.54. The van der Waals surface area contributed by atoms with Crippen LogP contribution in [-0.2, 0) is 21.4 Å². The number of anilines is 2. The molecular weight excluding hydrogens is 436 g/mol. The number of carbonyl (C=O) groups excluding carboxylic acids is 2. The zero-order valence-corrected chi connectivity index (χ0v) is 18.2. The fourth-order valence-electron chi connectivity index (χ4n) is 2.62. The molecule has 0 aliphatic heterocycles. The molecule has 3 amide bonds. The molecule has 2 aromatic carbocycles. The molecule has 11 heteroatoms. The molecule has 0 saturated heterocycles. The van der Waals surface area contributed by atoms with Gasteiger partial charge < -0.3 is 20.4 Å². The summed E-state index contributed by atoms with van der Waals surface area (Å²) in [7, 11) is -1.27. The molecule has 10 nitrogen and oxygen atoms in total. The number of hydroxylamine groups is 1. The summed E-state index contributed by atoms with van der Waals surface area (Å²) in [6, 6.07) is 15.1. The molecule has 0 radical (unpaired) electrons. The van der Waals surface area contributed by atoms with E-state index in [4.69, 9.17) is 9.25 Å². The summed E-state index contributed by atoms with van der Waals surface area (Å²) in [6.07, 6.45) is 1.53. The van der Waals surface area contributed by atoms with Gasteiger partial charge in [0, 0.05) is 24.0 Å². The predicted octanol–water partition coefficient (Wildman–Crippen LogP) is 3.04. The maximum Gasteiger partial charge on any atom is 0.319 e. The molecule has 3 N–H and O–H groups in total. The first-order chi connectivity index (χ1) is 15.3. The van der Waals surface area contributed by atoms with Crippen LogP contribution in [0, 0.1) is 0 Å². The number of amides is 3. The maximum absolute atomic E-state index is 12.4. The van der Waals surface area contributed by atoms with Crippen molar-refractivity contribution in [1.82, 2.24) is 9.79 Å². The molecule has 0 spiro atoms. The van der Waals surface area contributed by atoms with E-state index in [2.05, 4.69) is 16.0 Å². The number of rotatable bonds is 8. The van der Waals surface area contributed by atoms with Gasteiger partial charge in [-0.1, -0.05) is 4.47 Å². The average Bonchev–Trinajstić information content (AvgIpc) is 3.32. The molecule has 0 unspecified atom stereocenters. The Balaban J connectivity index is 1.55. The zero-order valence-electron chi connectivity index (χ0n) is 17.4. The molecule has 0 aliphatic rings. The molecule has 0 fully saturated rings. The van der Waals surface area contributed by atoms with E-state index >= 15 is 0 Å². The molecule has 32 heavy (non-hydrogen) atoms. The standard InChI is InChI=1S/C21H22N4O6S/c1-25(30-2)32(28,29)19-11-5-15(6-12-19)20(26)23-16-7-9-17(10-8-16)24-21(27)22-14-18-4-3-13-31-18/h3-13H,14H2,1-2H3,(H,23,26)(H2,22,24,27). The molecule has 3 rings (SSSR count). The molecule has 168 valence electrons. The highest BCUT2D eigenvalue weighted by atomic mass is 32.2. The molecule has 0 aliphatic carbocycles. The van der Waals surface area contributed by atoms with Crippen molar-refractivity contribution in [2.45, 2.75) is 11.4 Å². The summed E-state index contributed by atoms with van der Waals surface area (Å²) in [4.78, 5) is 29.1. The van der Waals surface area contributed by atoms with Crippen molar-refractivity contribution < 1.29 is 27.3 Å². The molecule has 0 saturated carbocycles. The minimum absolute atomic E-state index is 0.000786. The van der Waals surface area contributed by atoms with Gasteiger partial charge in [0.15, 0.2) is 0 Å². The number of nitrogens with zero attached hydrogens (tertiary/aromatic N) is 1. The zero-order chi connectivity index (χ0) is 23.1. The smallest absolute Gasteiger partial charge is 0.319 e. The van der Waals surface area contributed by atoms with Crippen LogP contribution in [-0.4, -0.2) is 39.0 Å². The number of carbonyl (C=O) groups is 2. The van der Waals surface area contributed by atoms with E-state index in [0.29, 0.717) is 17.1 Å². The third-order valence-electron chi connectivity index (χ3n) is 4.41. The first-order valence-electron chi connectivity index (χ1n) is 9.41. The highest BCUT2D eigenvalue weighted by Gasteiger charge is 2.21. The van der Waals surface area contributed by atoms with Crippen molar-refractivity contribution in [3.8, 4) is 0 Å². The lowest BCUT2D eigenvalue weighted by molar-refractivity contribution is -0.0258. The quantitative estimate of drug-likeness (QED) is 0.445. The summed E-state index contributed by atoms with van der Waals surface area (Å²) in [6.45, 7) is 0.259.